The van der Waals surface area contributed by atoms with Gasteiger partial charge in [0.05, 0.1) is 18.9 Å². The van der Waals surface area contributed by atoms with Crippen LogP contribution in [0.1, 0.15) is 19.8 Å². The number of carbonyl (C=O) groups excluding carboxylic acids is 4. The number of carbonyl (C=O) groups is 6. The fourth-order valence-electron chi connectivity index (χ4n) is 1.83. The lowest BCUT2D eigenvalue weighted by molar-refractivity contribution is -0.147. The second-order valence-electron chi connectivity index (χ2n) is 5.76. The molecule has 4 unspecified atom stereocenters. The minimum absolute atomic E-state index is 0.175. The summed E-state index contributed by atoms with van der Waals surface area (Å²) >= 11 is 3.91. The van der Waals surface area contributed by atoms with Crippen molar-refractivity contribution in [1.82, 2.24) is 16.0 Å². The molecule has 0 spiro atoms. The average Bonchev–Trinajstić information content (AvgIpc) is 2.56. The normalized spacial score (nSPS) is 14.7. The molecule has 0 rings (SSSR count). The standard InChI is InChI=1S/C14H23N5O8S/c1-5(15)11(23)19-8(4-28)13(25)17-6(2-9(16)20)12(24)18-7(14(26)27)3-10(21)22/h5-8,28H,2-4,15H2,1H3,(H2,16,20)(H,17,25)(H,18,24)(H,19,23)(H,21,22)(H,26,27). The first kappa shape index (κ1) is 25.1. The van der Waals surface area contributed by atoms with E-state index in [4.69, 9.17) is 21.7 Å². The molecule has 0 aromatic carbocycles. The zero-order chi connectivity index (χ0) is 22.0. The van der Waals surface area contributed by atoms with Crippen LogP contribution < -0.4 is 27.4 Å². The number of thiol groups is 1. The van der Waals surface area contributed by atoms with E-state index in [9.17, 15) is 28.8 Å². The van der Waals surface area contributed by atoms with Crippen LogP contribution in [0.2, 0.25) is 0 Å². The highest BCUT2D eigenvalue weighted by atomic mass is 32.1. The largest absolute Gasteiger partial charge is 0.481 e. The van der Waals surface area contributed by atoms with Gasteiger partial charge in [0, 0.05) is 5.75 Å². The molecule has 0 radical (unpaired) electrons. The molecule has 0 aromatic rings. The summed E-state index contributed by atoms with van der Waals surface area (Å²) in [5, 5.41) is 24.0. The van der Waals surface area contributed by atoms with Crippen LogP contribution in [0, 0.1) is 0 Å². The number of aliphatic carboxylic acids is 2. The van der Waals surface area contributed by atoms with Crippen molar-refractivity contribution in [3.05, 3.63) is 0 Å². The fraction of sp³-hybridized carbons (Fsp3) is 0.571. The molecule has 0 aliphatic rings. The quantitative estimate of drug-likeness (QED) is 0.144. The van der Waals surface area contributed by atoms with E-state index in [1.807, 2.05) is 5.32 Å². The van der Waals surface area contributed by atoms with Gasteiger partial charge in [-0.1, -0.05) is 0 Å². The first-order valence-electron chi connectivity index (χ1n) is 7.89. The van der Waals surface area contributed by atoms with Crippen molar-refractivity contribution in [3.63, 3.8) is 0 Å². The average molecular weight is 421 g/mol. The number of amides is 4. The summed E-state index contributed by atoms with van der Waals surface area (Å²) in [7, 11) is 0. The highest BCUT2D eigenvalue weighted by Crippen LogP contribution is 2.00. The van der Waals surface area contributed by atoms with E-state index in [2.05, 4.69) is 23.3 Å². The Labute approximate surface area is 165 Å². The number of carboxylic acids is 2. The minimum Gasteiger partial charge on any atom is -0.481 e. The van der Waals surface area contributed by atoms with Gasteiger partial charge in [-0.3, -0.25) is 24.0 Å². The molecule has 0 saturated heterocycles. The third kappa shape index (κ3) is 9.18. The monoisotopic (exact) mass is 421 g/mol. The van der Waals surface area contributed by atoms with E-state index >= 15 is 0 Å². The van der Waals surface area contributed by atoms with Gasteiger partial charge in [0.2, 0.25) is 23.6 Å². The van der Waals surface area contributed by atoms with Crippen LogP contribution in [0.15, 0.2) is 0 Å². The van der Waals surface area contributed by atoms with E-state index in [-0.39, 0.29) is 5.75 Å². The summed E-state index contributed by atoms with van der Waals surface area (Å²) in [6.45, 7) is 1.38. The van der Waals surface area contributed by atoms with Crippen molar-refractivity contribution in [2.24, 2.45) is 11.5 Å². The molecule has 0 heterocycles. The summed E-state index contributed by atoms with van der Waals surface area (Å²) in [4.78, 5) is 69.0. The number of hydrogen-bond donors (Lipinski definition) is 8. The van der Waals surface area contributed by atoms with Crippen molar-refractivity contribution >= 4 is 48.2 Å². The molecular weight excluding hydrogens is 398 g/mol. The number of rotatable bonds is 12. The number of carboxylic acid groups (broad SMARTS) is 2. The smallest absolute Gasteiger partial charge is 0.326 e. The van der Waals surface area contributed by atoms with Crippen molar-refractivity contribution in [2.75, 3.05) is 5.75 Å². The zero-order valence-electron chi connectivity index (χ0n) is 14.9. The van der Waals surface area contributed by atoms with E-state index < -0.39 is 72.6 Å². The van der Waals surface area contributed by atoms with Crippen molar-refractivity contribution in [1.29, 1.82) is 0 Å². The predicted molar refractivity (Wildman–Crippen MR) is 97.0 cm³/mol. The number of hydrogen-bond acceptors (Lipinski definition) is 8. The van der Waals surface area contributed by atoms with Crippen LogP contribution in [-0.2, 0) is 28.8 Å². The molecule has 0 fully saturated rings. The summed E-state index contributed by atoms with van der Waals surface area (Å²) < 4.78 is 0. The maximum atomic E-state index is 12.3. The molecule has 9 N–H and O–H groups in total. The fourth-order valence-corrected chi connectivity index (χ4v) is 2.08. The Balaban J connectivity index is 5.28. The predicted octanol–water partition coefficient (Wildman–Crippen LogP) is -3.85. The van der Waals surface area contributed by atoms with Crippen LogP contribution in [-0.4, -0.2) is 75.7 Å². The van der Waals surface area contributed by atoms with Crippen LogP contribution in [0.5, 0.6) is 0 Å². The molecule has 28 heavy (non-hydrogen) atoms. The van der Waals surface area contributed by atoms with Gasteiger partial charge in [0.1, 0.15) is 18.1 Å². The number of nitrogens with two attached hydrogens (primary N) is 2. The molecule has 0 aliphatic heterocycles. The Kier molecular flexibility index (Phi) is 10.6. The first-order chi connectivity index (χ1) is 12.9. The van der Waals surface area contributed by atoms with E-state index in [0.717, 1.165) is 0 Å². The van der Waals surface area contributed by atoms with Crippen LogP contribution in [0.4, 0.5) is 0 Å². The molecule has 4 amide bonds. The molecule has 158 valence electrons. The summed E-state index contributed by atoms with van der Waals surface area (Å²) in [5.41, 5.74) is 10.4. The summed E-state index contributed by atoms with van der Waals surface area (Å²) in [6.07, 6.45) is -1.63. The Morgan fingerprint density at radius 3 is 1.71 bits per heavy atom. The minimum atomic E-state index is -1.80. The van der Waals surface area contributed by atoms with Gasteiger partial charge in [-0.2, -0.15) is 12.6 Å². The van der Waals surface area contributed by atoms with Gasteiger partial charge in [0.15, 0.2) is 0 Å². The molecule has 13 nitrogen and oxygen atoms in total. The van der Waals surface area contributed by atoms with Crippen LogP contribution in [0.25, 0.3) is 0 Å². The first-order valence-corrected chi connectivity index (χ1v) is 8.52. The second-order valence-corrected chi connectivity index (χ2v) is 6.13. The summed E-state index contributed by atoms with van der Waals surface area (Å²) in [6, 6.07) is -5.53. The number of nitrogens with one attached hydrogen (secondary N) is 3. The van der Waals surface area contributed by atoms with E-state index in [0.29, 0.717) is 0 Å². The lowest BCUT2D eigenvalue weighted by Crippen LogP contribution is -2.58. The molecule has 4 atom stereocenters. The SMILES string of the molecule is CC(N)C(=O)NC(CS)C(=O)NC(CC(N)=O)C(=O)NC(CC(=O)O)C(=O)O. The molecule has 0 saturated carbocycles. The van der Waals surface area contributed by atoms with Crippen LogP contribution in [0.3, 0.4) is 0 Å². The maximum absolute atomic E-state index is 12.3. The molecule has 14 heteroatoms. The van der Waals surface area contributed by atoms with Crippen molar-refractivity contribution < 1.29 is 39.0 Å². The van der Waals surface area contributed by atoms with Gasteiger partial charge >= 0.3 is 11.9 Å². The number of primary amides is 1. The molecule has 0 bridgehead atoms. The topological polar surface area (TPSA) is 231 Å². The maximum Gasteiger partial charge on any atom is 0.326 e. The van der Waals surface area contributed by atoms with E-state index in [1.54, 1.807) is 0 Å². The van der Waals surface area contributed by atoms with Gasteiger partial charge < -0.3 is 37.6 Å². The van der Waals surface area contributed by atoms with E-state index in [1.165, 1.54) is 6.92 Å². The summed E-state index contributed by atoms with van der Waals surface area (Å²) in [5.74, 6) is -7.00. The van der Waals surface area contributed by atoms with Gasteiger partial charge in [-0.15, -0.1) is 0 Å². The molecule has 0 aromatic heterocycles. The highest BCUT2D eigenvalue weighted by Gasteiger charge is 2.31. The Bertz CT molecular complexity index is 641. The van der Waals surface area contributed by atoms with Crippen molar-refractivity contribution in [2.45, 2.75) is 43.9 Å². The molecule has 0 aliphatic carbocycles. The lowest BCUT2D eigenvalue weighted by Gasteiger charge is -2.23. The molecular formula is C14H23N5O8S. The van der Waals surface area contributed by atoms with Gasteiger partial charge in [-0.25, -0.2) is 4.79 Å². The third-order valence-corrected chi connectivity index (χ3v) is 3.63. The third-order valence-electron chi connectivity index (χ3n) is 3.26. The van der Waals surface area contributed by atoms with Crippen molar-refractivity contribution in [3.8, 4) is 0 Å². The Morgan fingerprint density at radius 2 is 1.32 bits per heavy atom. The second kappa shape index (κ2) is 11.8. The highest BCUT2D eigenvalue weighted by molar-refractivity contribution is 7.80. The van der Waals surface area contributed by atoms with Gasteiger partial charge in [-0.05, 0) is 6.92 Å². The van der Waals surface area contributed by atoms with Gasteiger partial charge in [0.25, 0.3) is 0 Å². The Morgan fingerprint density at radius 1 is 0.857 bits per heavy atom. The van der Waals surface area contributed by atoms with Crippen LogP contribution >= 0.6 is 12.6 Å². The Hall–Kier alpha value is -2.87. The lowest BCUT2D eigenvalue weighted by atomic mass is 10.1. The zero-order valence-corrected chi connectivity index (χ0v) is 15.8.